The molecule has 0 heterocycles. The number of carbonyl (C=O) groups excluding carboxylic acids is 1. The lowest BCUT2D eigenvalue weighted by Crippen LogP contribution is -2.14. The van der Waals surface area contributed by atoms with Crippen molar-refractivity contribution in [3.8, 4) is 11.5 Å². The van der Waals surface area contributed by atoms with Crippen LogP contribution in [0.5, 0.6) is 11.5 Å². The molecule has 1 rings (SSSR count). The molecule has 0 N–H and O–H groups in total. The number of carbonyl (C=O) groups is 1. The van der Waals surface area contributed by atoms with Gasteiger partial charge in [-0.05, 0) is 42.6 Å². The molecule has 0 saturated heterocycles. The van der Waals surface area contributed by atoms with Gasteiger partial charge < -0.3 is 9.47 Å². The predicted molar refractivity (Wildman–Crippen MR) is 68.2 cm³/mol. The van der Waals surface area contributed by atoms with Crippen molar-refractivity contribution in [2.45, 2.75) is 32.8 Å². The molecule has 3 nitrogen and oxygen atoms in total. The lowest BCUT2D eigenvalue weighted by molar-refractivity contribution is 0.108. The molecule has 0 unspecified atom stereocenters. The Balaban J connectivity index is 3.01. The van der Waals surface area contributed by atoms with Crippen LogP contribution in [0.25, 0.3) is 0 Å². The number of benzene rings is 1. The van der Waals surface area contributed by atoms with Crippen LogP contribution in [-0.2, 0) is 0 Å². The highest BCUT2D eigenvalue weighted by atomic mass is 35.5. The van der Waals surface area contributed by atoms with Crippen LogP contribution in [0.3, 0.4) is 0 Å². The number of rotatable bonds is 6. The monoisotopic (exact) mass is 256 g/mol. The summed E-state index contributed by atoms with van der Waals surface area (Å²) in [5.74, 6) is 1.17. The van der Waals surface area contributed by atoms with Crippen LogP contribution in [-0.4, -0.2) is 18.5 Å². The van der Waals surface area contributed by atoms with E-state index in [1.165, 1.54) is 0 Å². The molecular weight excluding hydrogens is 240 g/mol. The van der Waals surface area contributed by atoms with E-state index in [1.54, 1.807) is 25.3 Å². The fourth-order valence-electron chi connectivity index (χ4n) is 1.53. The number of methoxy groups -OCH3 is 1. The van der Waals surface area contributed by atoms with Crippen LogP contribution in [0.1, 0.15) is 37.0 Å². The molecule has 0 amide bonds. The van der Waals surface area contributed by atoms with E-state index >= 15 is 0 Å². The highest BCUT2D eigenvalue weighted by molar-refractivity contribution is 6.67. The average Bonchev–Trinajstić information content (AvgIpc) is 2.35. The maximum atomic E-state index is 11.1. The first-order valence-electron chi connectivity index (χ1n) is 5.66. The molecule has 0 bridgehead atoms. The first-order chi connectivity index (χ1) is 8.12. The molecule has 0 atom stereocenters. The summed E-state index contributed by atoms with van der Waals surface area (Å²) in [7, 11) is 1.57. The van der Waals surface area contributed by atoms with E-state index < -0.39 is 5.24 Å². The van der Waals surface area contributed by atoms with Crippen LogP contribution in [0.15, 0.2) is 18.2 Å². The Labute approximate surface area is 107 Å². The van der Waals surface area contributed by atoms with Gasteiger partial charge in [-0.15, -0.1) is 0 Å². The molecule has 0 aliphatic heterocycles. The predicted octanol–water partition coefficient (Wildman–Crippen LogP) is 3.64. The minimum Gasteiger partial charge on any atom is -0.493 e. The van der Waals surface area contributed by atoms with Crippen molar-refractivity contribution in [1.29, 1.82) is 0 Å². The zero-order valence-corrected chi connectivity index (χ0v) is 11.1. The van der Waals surface area contributed by atoms with Gasteiger partial charge >= 0.3 is 0 Å². The standard InChI is InChI=1S/C13H17ClO3/c1-4-10(5-2)17-12-8-9(13(14)15)6-7-11(12)16-3/h6-8,10H,4-5H2,1-3H3. The third-order valence-electron chi connectivity index (χ3n) is 2.59. The van der Waals surface area contributed by atoms with Crippen molar-refractivity contribution in [3.05, 3.63) is 23.8 Å². The molecule has 0 aliphatic rings. The molecule has 1 aromatic carbocycles. The minimum absolute atomic E-state index is 0.115. The van der Waals surface area contributed by atoms with E-state index in [2.05, 4.69) is 13.8 Å². The zero-order valence-electron chi connectivity index (χ0n) is 10.3. The number of halogens is 1. The first kappa shape index (κ1) is 13.8. The quantitative estimate of drug-likeness (QED) is 0.729. The SMILES string of the molecule is CCC(CC)Oc1cc(C(=O)Cl)ccc1OC. The van der Waals surface area contributed by atoms with Crippen molar-refractivity contribution in [2.75, 3.05) is 7.11 Å². The third kappa shape index (κ3) is 3.63. The second-order valence-electron chi connectivity index (χ2n) is 3.70. The van der Waals surface area contributed by atoms with Crippen molar-refractivity contribution in [1.82, 2.24) is 0 Å². The summed E-state index contributed by atoms with van der Waals surface area (Å²) >= 11 is 5.44. The van der Waals surface area contributed by atoms with Crippen LogP contribution >= 0.6 is 11.6 Å². The average molecular weight is 257 g/mol. The van der Waals surface area contributed by atoms with Gasteiger partial charge in [0, 0.05) is 5.56 Å². The van der Waals surface area contributed by atoms with Crippen molar-refractivity contribution in [3.63, 3.8) is 0 Å². The molecule has 0 aromatic heterocycles. The topological polar surface area (TPSA) is 35.5 Å². The van der Waals surface area contributed by atoms with Gasteiger partial charge in [-0.3, -0.25) is 4.79 Å². The largest absolute Gasteiger partial charge is 0.493 e. The van der Waals surface area contributed by atoms with E-state index in [1.807, 2.05) is 0 Å². The molecule has 0 radical (unpaired) electrons. The molecule has 0 spiro atoms. The summed E-state index contributed by atoms with van der Waals surface area (Å²) in [5, 5.41) is -0.498. The molecule has 0 saturated carbocycles. The Morgan fingerprint density at radius 1 is 1.29 bits per heavy atom. The van der Waals surface area contributed by atoms with Crippen LogP contribution in [0, 0.1) is 0 Å². The molecule has 1 aromatic rings. The number of hydrogen-bond donors (Lipinski definition) is 0. The Morgan fingerprint density at radius 3 is 2.41 bits per heavy atom. The maximum absolute atomic E-state index is 11.1. The summed E-state index contributed by atoms with van der Waals surface area (Å²) < 4.78 is 11.0. The number of hydrogen-bond acceptors (Lipinski definition) is 3. The Bertz CT molecular complexity index is 386. The second kappa shape index (κ2) is 6.50. The summed E-state index contributed by atoms with van der Waals surface area (Å²) in [6.45, 7) is 4.11. The fraction of sp³-hybridized carbons (Fsp3) is 0.462. The Hall–Kier alpha value is -1.22. The van der Waals surface area contributed by atoms with E-state index in [-0.39, 0.29) is 6.10 Å². The smallest absolute Gasteiger partial charge is 0.252 e. The minimum atomic E-state index is -0.498. The molecule has 94 valence electrons. The van der Waals surface area contributed by atoms with Crippen molar-refractivity contribution >= 4 is 16.8 Å². The lowest BCUT2D eigenvalue weighted by atomic mass is 10.2. The summed E-state index contributed by atoms with van der Waals surface area (Å²) in [4.78, 5) is 11.1. The first-order valence-corrected chi connectivity index (χ1v) is 6.04. The molecular formula is C13H17ClO3. The van der Waals surface area contributed by atoms with Crippen LogP contribution < -0.4 is 9.47 Å². The van der Waals surface area contributed by atoms with Gasteiger partial charge in [0.05, 0.1) is 13.2 Å². The highest BCUT2D eigenvalue weighted by Gasteiger charge is 2.13. The van der Waals surface area contributed by atoms with E-state index in [4.69, 9.17) is 21.1 Å². The van der Waals surface area contributed by atoms with Crippen LogP contribution in [0.4, 0.5) is 0 Å². The third-order valence-corrected chi connectivity index (χ3v) is 2.81. The maximum Gasteiger partial charge on any atom is 0.252 e. The van der Waals surface area contributed by atoms with Gasteiger partial charge in [-0.25, -0.2) is 0 Å². The van der Waals surface area contributed by atoms with Gasteiger partial charge in [0.2, 0.25) is 0 Å². The Morgan fingerprint density at radius 2 is 1.94 bits per heavy atom. The molecule has 17 heavy (non-hydrogen) atoms. The lowest BCUT2D eigenvalue weighted by Gasteiger charge is -2.18. The summed E-state index contributed by atoms with van der Waals surface area (Å²) in [6, 6.07) is 4.92. The van der Waals surface area contributed by atoms with E-state index in [0.717, 1.165) is 12.8 Å². The van der Waals surface area contributed by atoms with Gasteiger partial charge in [-0.1, -0.05) is 13.8 Å². The second-order valence-corrected chi connectivity index (χ2v) is 4.04. The zero-order chi connectivity index (χ0) is 12.8. The summed E-state index contributed by atoms with van der Waals surface area (Å²) in [6.07, 6.45) is 1.92. The van der Waals surface area contributed by atoms with E-state index in [9.17, 15) is 4.79 Å². The highest BCUT2D eigenvalue weighted by Crippen LogP contribution is 2.30. The molecule has 4 heteroatoms. The van der Waals surface area contributed by atoms with Crippen molar-refractivity contribution < 1.29 is 14.3 Å². The molecule has 0 fully saturated rings. The Kier molecular flexibility index (Phi) is 5.29. The molecule has 0 aliphatic carbocycles. The summed E-state index contributed by atoms with van der Waals surface area (Å²) in [5.41, 5.74) is 0.411. The van der Waals surface area contributed by atoms with E-state index in [0.29, 0.717) is 17.1 Å². The van der Waals surface area contributed by atoms with Crippen molar-refractivity contribution in [2.24, 2.45) is 0 Å². The van der Waals surface area contributed by atoms with Gasteiger partial charge in [0.1, 0.15) is 0 Å². The van der Waals surface area contributed by atoms with Gasteiger partial charge in [0.15, 0.2) is 11.5 Å². The normalized spacial score (nSPS) is 10.4. The van der Waals surface area contributed by atoms with Crippen LogP contribution in [0.2, 0.25) is 0 Å². The fourth-order valence-corrected chi connectivity index (χ4v) is 1.64. The number of ether oxygens (including phenoxy) is 2. The van der Waals surface area contributed by atoms with Gasteiger partial charge in [-0.2, -0.15) is 0 Å². The van der Waals surface area contributed by atoms with Gasteiger partial charge in [0.25, 0.3) is 5.24 Å².